The number of benzene rings is 2. The van der Waals surface area contributed by atoms with Crippen LogP contribution in [0.1, 0.15) is 12.0 Å². The molecule has 0 aromatic heterocycles. The number of nitrogens with zero attached hydrogens (tertiary/aromatic N) is 1. The quantitative estimate of drug-likeness (QED) is 0.166. The first-order valence-electron chi connectivity index (χ1n) is 10.5. The number of fused-ring (bicyclic) bond motifs is 1. The Hall–Kier alpha value is -3.37. The number of phenolic OH excluding ortho intramolecular Hbond substituents is 1. The Kier molecular flexibility index (Phi) is 6.62. The Morgan fingerprint density at radius 2 is 1.65 bits per heavy atom. The van der Waals surface area contributed by atoms with E-state index in [2.05, 4.69) is 6.58 Å². The fourth-order valence-corrected chi connectivity index (χ4v) is 5.24. The fraction of sp³-hybridized carbons (Fsp3) is 0.200. The van der Waals surface area contributed by atoms with Crippen LogP contribution >= 0.6 is 23.2 Å². The summed E-state index contributed by atoms with van der Waals surface area (Å²) >= 11 is 13.3. The van der Waals surface area contributed by atoms with E-state index in [9.17, 15) is 36.6 Å². The number of rotatable bonds is 5. The molecule has 1 fully saturated rings. The van der Waals surface area contributed by atoms with E-state index in [0.29, 0.717) is 11.1 Å². The smallest absolute Gasteiger partial charge is 0.258 e. The number of alkyl halides is 2. The Labute approximate surface area is 217 Å². The maximum atomic E-state index is 14.6. The van der Waals surface area contributed by atoms with Crippen molar-refractivity contribution in [3.05, 3.63) is 83.2 Å². The van der Waals surface area contributed by atoms with E-state index in [-0.39, 0.29) is 16.4 Å². The van der Waals surface area contributed by atoms with Gasteiger partial charge in [-0.1, -0.05) is 36.9 Å². The van der Waals surface area contributed by atoms with Gasteiger partial charge in [0, 0.05) is 5.92 Å². The topological polar surface area (TPSA) is 66.8 Å². The van der Waals surface area contributed by atoms with Gasteiger partial charge < -0.3 is 9.84 Å². The second-order valence-corrected chi connectivity index (χ2v) is 9.50. The van der Waals surface area contributed by atoms with Gasteiger partial charge in [-0.25, -0.2) is 26.9 Å². The number of methoxy groups -OCH3 is 1. The summed E-state index contributed by atoms with van der Waals surface area (Å²) in [6, 6.07) is 4.27. The molecule has 5 nitrogen and oxygen atoms in total. The number of anilines is 1. The molecule has 1 aliphatic carbocycles. The number of halogens is 7. The van der Waals surface area contributed by atoms with Gasteiger partial charge in [-0.05, 0) is 29.7 Å². The molecule has 0 radical (unpaired) electrons. The van der Waals surface area contributed by atoms with E-state index in [1.807, 2.05) is 0 Å². The van der Waals surface area contributed by atoms with Gasteiger partial charge in [-0.15, -0.1) is 23.2 Å². The molecule has 37 heavy (non-hydrogen) atoms. The monoisotopic (exact) mass is 559 g/mol. The van der Waals surface area contributed by atoms with Crippen molar-refractivity contribution >= 4 is 46.8 Å². The molecular formula is C25H16Cl2F5NO4. The van der Waals surface area contributed by atoms with Crippen LogP contribution in [0.2, 0.25) is 0 Å². The standard InChI is InChI=1S/C25H16Cl2F5NO4/c1-3-12-8-9-24(26)22(35)33(21-19(31)17(29)16(28)18(30)20(21)32)23(36)25(24,27)13(12)6-4-11-5-7-14(34)15(10-11)37-2/h3-8,10,13,34H,1,9H2,2H3. The molecule has 194 valence electrons. The first-order valence-corrected chi connectivity index (χ1v) is 11.3. The highest BCUT2D eigenvalue weighted by Gasteiger charge is 2.73. The molecule has 4 rings (SSSR count). The van der Waals surface area contributed by atoms with Crippen molar-refractivity contribution in [1.29, 1.82) is 0 Å². The number of carbonyl (C=O) groups is 2. The molecule has 1 saturated heterocycles. The molecule has 12 heteroatoms. The van der Waals surface area contributed by atoms with Gasteiger partial charge >= 0.3 is 0 Å². The zero-order valence-electron chi connectivity index (χ0n) is 18.8. The molecule has 1 aliphatic heterocycles. The highest BCUT2D eigenvalue weighted by Crippen LogP contribution is 2.57. The van der Waals surface area contributed by atoms with Gasteiger partial charge in [0.2, 0.25) is 5.82 Å². The summed E-state index contributed by atoms with van der Waals surface area (Å²) in [5, 5.41) is 9.80. The largest absolute Gasteiger partial charge is 0.504 e. The van der Waals surface area contributed by atoms with Gasteiger partial charge in [0.1, 0.15) is 5.69 Å². The Morgan fingerprint density at radius 1 is 1.05 bits per heavy atom. The molecule has 2 aromatic carbocycles. The van der Waals surface area contributed by atoms with Crippen LogP contribution in [0.25, 0.3) is 6.08 Å². The summed E-state index contributed by atoms with van der Waals surface area (Å²) in [4.78, 5) is 21.9. The van der Waals surface area contributed by atoms with E-state index in [1.54, 1.807) is 0 Å². The number of amides is 2. The van der Waals surface area contributed by atoms with Crippen molar-refractivity contribution in [2.24, 2.45) is 5.92 Å². The third-order valence-electron chi connectivity index (χ3n) is 6.37. The molecule has 2 aromatic rings. The lowest BCUT2D eigenvalue weighted by Gasteiger charge is -2.40. The van der Waals surface area contributed by atoms with Crippen LogP contribution in [-0.2, 0) is 9.59 Å². The number of ether oxygens (including phenoxy) is 1. The zero-order chi connectivity index (χ0) is 27.4. The van der Waals surface area contributed by atoms with E-state index >= 15 is 0 Å². The first kappa shape index (κ1) is 26.7. The highest BCUT2D eigenvalue weighted by atomic mass is 35.5. The number of hydrogen-bond acceptors (Lipinski definition) is 4. The summed E-state index contributed by atoms with van der Waals surface area (Å²) in [5.41, 5.74) is -1.00. The molecule has 0 bridgehead atoms. The van der Waals surface area contributed by atoms with Crippen molar-refractivity contribution < 1.29 is 41.4 Å². The van der Waals surface area contributed by atoms with Crippen LogP contribution in [0.5, 0.6) is 11.5 Å². The maximum absolute atomic E-state index is 14.6. The van der Waals surface area contributed by atoms with Crippen LogP contribution in [0, 0.1) is 35.0 Å². The summed E-state index contributed by atoms with van der Waals surface area (Å²) < 4.78 is 75.7. The number of aromatic hydroxyl groups is 1. The van der Waals surface area contributed by atoms with Crippen molar-refractivity contribution in [3.8, 4) is 11.5 Å². The van der Waals surface area contributed by atoms with Crippen LogP contribution in [0.15, 0.2) is 48.6 Å². The second kappa shape index (κ2) is 9.18. The normalized spacial score (nSPS) is 25.5. The third-order valence-corrected chi connectivity index (χ3v) is 7.80. The Balaban J connectivity index is 1.88. The van der Waals surface area contributed by atoms with E-state index in [1.165, 1.54) is 49.6 Å². The minimum absolute atomic E-state index is 0.127. The minimum atomic E-state index is -2.46. The lowest BCUT2D eigenvalue weighted by atomic mass is 9.71. The number of phenols is 1. The number of carbonyl (C=O) groups excluding carboxylic acids is 2. The second-order valence-electron chi connectivity index (χ2n) is 8.26. The van der Waals surface area contributed by atoms with Crippen LogP contribution in [0.4, 0.5) is 27.6 Å². The van der Waals surface area contributed by atoms with Gasteiger partial charge in [-0.2, -0.15) is 0 Å². The average Bonchev–Trinajstić information content (AvgIpc) is 3.03. The van der Waals surface area contributed by atoms with Crippen LogP contribution in [-0.4, -0.2) is 33.8 Å². The van der Waals surface area contributed by atoms with Crippen LogP contribution < -0.4 is 9.64 Å². The summed E-state index contributed by atoms with van der Waals surface area (Å²) in [7, 11) is 1.33. The molecular weight excluding hydrogens is 544 g/mol. The molecule has 1 heterocycles. The number of allylic oxidation sites excluding steroid dienone is 4. The minimum Gasteiger partial charge on any atom is -0.504 e. The molecule has 3 unspecified atom stereocenters. The Bertz CT molecular complexity index is 1400. The first-order chi connectivity index (χ1) is 17.3. The zero-order valence-corrected chi connectivity index (χ0v) is 20.3. The van der Waals surface area contributed by atoms with Gasteiger partial charge in [0.15, 0.2) is 44.5 Å². The number of hydrogen-bond donors (Lipinski definition) is 1. The number of imide groups is 1. The summed E-state index contributed by atoms with van der Waals surface area (Å²) in [5.74, 6) is -16.1. The van der Waals surface area contributed by atoms with E-state index < -0.39 is 68.7 Å². The van der Waals surface area contributed by atoms with Crippen molar-refractivity contribution in [1.82, 2.24) is 0 Å². The van der Waals surface area contributed by atoms with Crippen molar-refractivity contribution in [3.63, 3.8) is 0 Å². The Morgan fingerprint density at radius 3 is 2.22 bits per heavy atom. The molecule has 1 N–H and O–H groups in total. The average molecular weight is 560 g/mol. The van der Waals surface area contributed by atoms with Gasteiger partial charge in [0.05, 0.1) is 7.11 Å². The lowest BCUT2D eigenvalue weighted by molar-refractivity contribution is -0.122. The molecule has 0 saturated carbocycles. The predicted octanol–water partition coefficient (Wildman–Crippen LogP) is 5.77. The maximum Gasteiger partial charge on any atom is 0.258 e. The summed E-state index contributed by atoms with van der Waals surface area (Å²) in [6.07, 6.45) is 5.17. The highest BCUT2D eigenvalue weighted by molar-refractivity contribution is 6.58. The molecule has 0 spiro atoms. The third kappa shape index (κ3) is 3.65. The summed E-state index contributed by atoms with van der Waals surface area (Å²) in [6.45, 7) is 3.65. The molecule has 2 aliphatic rings. The van der Waals surface area contributed by atoms with E-state index in [4.69, 9.17) is 27.9 Å². The predicted molar refractivity (Wildman–Crippen MR) is 126 cm³/mol. The van der Waals surface area contributed by atoms with Crippen LogP contribution in [0.3, 0.4) is 0 Å². The molecule has 2 amide bonds. The van der Waals surface area contributed by atoms with Crippen molar-refractivity contribution in [2.75, 3.05) is 12.0 Å². The SMILES string of the molecule is C=CC1=CCC2(Cl)C(=O)N(c3c(F)c(F)c(F)c(F)c3F)C(=O)C2(Cl)C1C=Cc1ccc(O)c(OC)c1. The fourth-order valence-electron chi connectivity index (χ4n) is 4.44. The van der Waals surface area contributed by atoms with E-state index in [0.717, 1.165) is 0 Å². The lowest BCUT2D eigenvalue weighted by Crippen LogP contribution is -2.55. The van der Waals surface area contributed by atoms with Crippen molar-refractivity contribution in [2.45, 2.75) is 16.2 Å². The molecule has 3 atom stereocenters. The van der Waals surface area contributed by atoms with Gasteiger partial charge in [-0.3, -0.25) is 9.59 Å². The van der Waals surface area contributed by atoms with Gasteiger partial charge in [0.25, 0.3) is 11.8 Å².